The molecule has 0 aliphatic heterocycles. The summed E-state index contributed by atoms with van der Waals surface area (Å²) in [5.41, 5.74) is 0.984. The highest BCUT2D eigenvalue weighted by Gasteiger charge is 2.14. The summed E-state index contributed by atoms with van der Waals surface area (Å²) in [5.74, 6) is 0.0414. The number of carbonyl (C=O) groups is 1. The van der Waals surface area contributed by atoms with Crippen molar-refractivity contribution in [1.82, 2.24) is 5.32 Å². The van der Waals surface area contributed by atoms with Crippen molar-refractivity contribution in [2.75, 3.05) is 5.32 Å². The Morgan fingerprint density at radius 3 is 2.84 bits per heavy atom. The lowest BCUT2D eigenvalue weighted by Crippen LogP contribution is -2.41. The molecule has 0 fully saturated rings. The Morgan fingerprint density at radius 2 is 2.11 bits per heavy atom. The second-order valence-corrected chi connectivity index (χ2v) is 5.80. The molecule has 102 valence electrons. The fraction of sp³-hybridized carbons (Fsp3) is 0.400. The molecule has 0 aliphatic rings. The van der Waals surface area contributed by atoms with E-state index in [4.69, 9.17) is 0 Å². The van der Waals surface area contributed by atoms with Gasteiger partial charge in [-0.15, -0.1) is 11.3 Å². The van der Waals surface area contributed by atoms with Gasteiger partial charge in [0.05, 0.1) is 0 Å². The molecule has 0 saturated carbocycles. The van der Waals surface area contributed by atoms with Crippen LogP contribution in [0.3, 0.4) is 0 Å². The maximum Gasteiger partial charge on any atom is 0.242 e. The van der Waals surface area contributed by atoms with Crippen LogP contribution in [0.5, 0.6) is 0 Å². The van der Waals surface area contributed by atoms with Crippen molar-refractivity contribution in [3.8, 4) is 0 Å². The first-order chi connectivity index (χ1) is 9.10. The van der Waals surface area contributed by atoms with E-state index in [1.807, 2.05) is 19.9 Å². The number of hydrogen-bond acceptors (Lipinski definition) is 3. The van der Waals surface area contributed by atoms with E-state index in [1.165, 1.54) is 10.1 Å². The SMILES string of the molecule is CCC(C)NC(=O)C(C)Nc1ccc2sccc2c1. The third kappa shape index (κ3) is 3.47. The average Bonchev–Trinajstić information content (AvgIpc) is 2.85. The number of benzene rings is 1. The Balaban J connectivity index is 2.01. The lowest BCUT2D eigenvalue weighted by molar-refractivity contribution is -0.122. The fourth-order valence-electron chi connectivity index (χ4n) is 1.84. The van der Waals surface area contributed by atoms with Crippen LogP contribution in [0.4, 0.5) is 5.69 Å². The molecule has 0 spiro atoms. The highest BCUT2D eigenvalue weighted by molar-refractivity contribution is 7.17. The lowest BCUT2D eigenvalue weighted by atomic mass is 10.2. The number of thiophene rings is 1. The van der Waals surface area contributed by atoms with Gasteiger partial charge in [-0.05, 0) is 55.3 Å². The molecule has 3 nitrogen and oxygen atoms in total. The fourth-order valence-corrected chi connectivity index (χ4v) is 2.61. The zero-order chi connectivity index (χ0) is 13.8. The van der Waals surface area contributed by atoms with Crippen molar-refractivity contribution in [3.63, 3.8) is 0 Å². The normalized spacial score (nSPS) is 14.1. The first-order valence-electron chi connectivity index (χ1n) is 6.64. The van der Waals surface area contributed by atoms with Gasteiger partial charge in [-0.1, -0.05) is 6.92 Å². The third-order valence-corrected chi connectivity index (χ3v) is 4.13. The Bertz CT molecular complexity index is 564. The minimum atomic E-state index is -0.231. The number of hydrogen-bond donors (Lipinski definition) is 2. The number of amides is 1. The third-order valence-electron chi connectivity index (χ3n) is 3.23. The van der Waals surface area contributed by atoms with Crippen molar-refractivity contribution >= 4 is 33.0 Å². The van der Waals surface area contributed by atoms with Gasteiger partial charge in [-0.2, -0.15) is 0 Å². The van der Waals surface area contributed by atoms with Crippen LogP contribution in [0.25, 0.3) is 10.1 Å². The summed E-state index contributed by atoms with van der Waals surface area (Å²) in [5, 5.41) is 9.52. The monoisotopic (exact) mass is 276 g/mol. The molecular weight excluding hydrogens is 256 g/mol. The summed E-state index contributed by atoms with van der Waals surface area (Å²) in [6.45, 7) is 5.96. The van der Waals surface area contributed by atoms with Crippen LogP contribution >= 0.6 is 11.3 Å². The van der Waals surface area contributed by atoms with Crippen molar-refractivity contribution in [2.24, 2.45) is 0 Å². The highest BCUT2D eigenvalue weighted by Crippen LogP contribution is 2.24. The van der Waals surface area contributed by atoms with Gasteiger partial charge >= 0.3 is 0 Å². The van der Waals surface area contributed by atoms with Gasteiger partial charge in [0.1, 0.15) is 6.04 Å². The quantitative estimate of drug-likeness (QED) is 0.875. The van der Waals surface area contributed by atoms with Gasteiger partial charge in [0.15, 0.2) is 0 Å². The van der Waals surface area contributed by atoms with Gasteiger partial charge in [0.25, 0.3) is 0 Å². The zero-order valence-corrected chi connectivity index (χ0v) is 12.4. The molecule has 1 amide bonds. The van der Waals surface area contributed by atoms with Crippen LogP contribution in [0, 0.1) is 0 Å². The van der Waals surface area contributed by atoms with Crippen molar-refractivity contribution in [1.29, 1.82) is 0 Å². The van der Waals surface area contributed by atoms with Gasteiger partial charge in [-0.25, -0.2) is 0 Å². The highest BCUT2D eigenvalue weighted by atomic mass is 32.1. The van der Waals surface area contributed by atoms with E-state index in [2.05, 4.69) is 41.1 Å². The Labute approximate surface area is 118 Å². The van der Waals surface area contributed by atoms with E-state index in [0.717, 1.165) is 12.1 Å². The number of carbonyl (C=O) groups excluding carboxylic acids is 1. The van der Waals surface area contributed by atoms with E-state index >= 15 is 0 Å². The molecule has 1 aromatic heterocycles. The minimum Gasteiger partial charge on any atom is -0.374 e. The Morgan fingerprint density at radius 1 is 1.32 bits per heavy atom. The largest absolute Gasteiger partial charge is 0.374 e. The summed E-state index contributed by atoms with van der Waals surface area (Å²) in [4.78, 5) is 12.0. The zero-order valence-electron chi connectivity index (χ0n) is 11.6. The number of rotatable bonds is 5. The van der Waals surface area contributed by atoms with Crippen molar-refractivity contribution in [2.45, 2.75) is 39.3 Å². The molecule has 2 N–H and O–H groups in total. The van der Waals surface area contributed by atoms with Crippen molar-refractivity contribution in [3.05, 3.63) is 29.6 Å². The summed E-state index contributed by atoms with van der Waals surface area (Å²) < 4.78 is 1.27. The summed E-state index contributed by atoms with van der Waals surface area (Å²) in [7, 11) is 0. The Hall–Kier alpha value is -1.55. The molecule has 1 heterocycles. The summed E-state index contributed by atoms with van der Waals surface area (Å²) in [6, 6.07) is 8.27. The first kappa shape index (κ1) is 13.9. The van der Waals surface area contributed by atoms with Crippen LogP contribution in [-0.4, -0.2) is 18.0 Å². The average molecular weight is 276 g/mol. The summed E-state index contributed by atoms with van der Waals surface area (Å²) >= 11 is 1.73. The smallest absolute Gasteiger partial charge is 0.242 e. The standard InChI is InChI=1S/C15H20N2OS/c1-4-10(2)16-15(18)11(3)17-13-5-6-14-12(9-13)7-8-19-14/h5-11,17H,4H2,1-3H3,(H,16,18). The molecule has 0 radical (unpaired) electrons. The summed E-state index contributed by atoms with van der Waals surface area (Å²) in [6.07, 6.45) is 0.944. The molecule has 2 rings (SSSR count). The molecule has 0 aliphatic carbocycles. The Kier molecular flexibility index (Phi) is 4.43. The second-order valence-electron chi connectivity index (χ2n) is 4.86. The van der Waals surface area contributed by atoms with Gasteiger partial charge in [-0.3, -0.25) is 4.79 Å². The molecule has 4 heteroatoms. The van der Waals surface area contributed by atoms with Gasteiger partial charge < -0.3 is 10.6 Å². The minimum absolute atomic E-state index is 0.0414. The molecule has 2 atom stereocenters. The van der Waals surface area contributed by atoms with Crippen LogP contribution in [0.1, 0.15) is 27.2 Å². The number of fused-ring (bicyclic) bond motifs is 1. The molecular formula is C15H20N2OS. The predicted octanol–water partition coefficient (Wildman–Crippen LogP) is 3.62. The van der Waals surface area contributed by atoms with E-state index < -0.39 is 0 Å². The van der Waals surface area contributed by atoms with E-state index in [9.17, 15) is 4.79 Å². The molecule has 2 unspecified atom stereocenters. The number of nitrogens with one attached hydrogen (secondary N) is 2. The first-order valence-corrected chi connectivity index (χ1v) is 7.52. The van der Waals surface area contributed by atoms with Crippen LogP contribution in [-0.2, 0) is 4.79 Å². The second kappa shape index (κ2) is 6.06. The van der Waals surface area contributed by atoms with Gasteiger partial charge in [0, 0.05) is 16.4 Å². The van der Waals surface area contributed by atoms with Crippen LogP contribution in [0.2, 0.25) is 0 Å². The molecule has 19 heavy (non-hydrogen) atoms. The molecule has 2 aromatic rings. The molecule has 1 aromatic carbocycles. The van der Waals surface area contributed by atoms with Crippen molar-refractivity contribution < 1.29 is 4.79 Å². The van der Waals surface area contributed by atoms with Crippen LogP contribution < -0.4 is 10.6 Å². The molecule has 0 saturated heterocycles. The van der Waals surface area contributed by atoms with Crippen LogP contribution in [0.15, 0.2) is 29.6 Å². The predicted molar refractivity (Wildman–Crippen MR) is 82.8 cm³/mol. The van der Waals surface area contributed by atoms with E-state index in [1.54, 1.807) is 11.3 Å². The molecule has 0 bridgehead atoms. The maximum absolute atomic E-state index is 12.0. The number of anilines is 1. The van der Waals surface area contributed by atoms with E-state index in [-0.39, 0.29) is 18.0 Å². The lowest BCUT2D eigenvalue weighted by Gasteiger charge is -2.18. The van der Waals surface area contributed by atoms with Gasteiger partial charge in [0.2, 0.25) is 5.91 Å². The van der Waals surface area contributed by atoms with E-state index in [0.29, 0.717) is 0 Å². The maximum atomic E-state index is 12.0. The topological polar surface area (TPSA) is 41.1 Å².